The minimum absolute atomic E-state index is 0.109. The van der Waals surface area contributed by atoms with Crippen LogP contribution in [0.2, 0.25) is 0 Å². The summed E-state index contributed by atoms with van der Waals surface area (Å²) in [5, 5.41) is 19.7. The topological polar surface area (TPSA) is 115 Å². The third-order valence-electron chi connectivity index (χ3n) is 5.74. The third-order valence-corrected chi connectivity index (χ3v) is 5.74. The molecule has 2 bridgehead atoms. The Hall–Kier alpha value is -2.00. The molecule has 0 aromatic rings. The summed E-state index contributed by atoms with van der Waals surface area (Å²) in [4.78, 5) is 24.4. The third kappa shape index (κ3) is 3.02. The molecule has 0 unspecified atom stereocenters. The van der Waals surface area contributed by atoms with Gasteiger partial charge in [-0.1, -0.05) is 13.2 Å². The van der Waals surface area contributed by atoms with Gasteiger partial charge in [0.05, 0.1) is 30.8 Å². The van der Waals surface area contributed by atoms with Crippen LogP contribution in [0.15, 0.2) is 36.0 Å². The molecule has 4 heterocycles. The van der Waals surface area contributed by atoms with Gasteiger partial charge >= 0.3 is 11.9 Å². The predicted molar refractivity (Wildman–Crippen MR) is 90.1 cm³/mol. The van der Waals surface area contributed by atoms with Crippen molar-refractivity contribution in [3.05, 3.63) is 36.0 Å². The maximum Gasteiger partial charge on any atom is 0.336 e. The molecular formula is C19H22O8. The van der Waals surface area contributed by atoms with Gasteiger partial charge in [-0.3, -0.25) is 0 Å². The highest BCUT2D eigenvalue weighted by molar-refractivity contribution is 5.92. The Labute approximate surface area is 156 Å². The van der Waals surface area contributed by atoms with Crippen LogP contribution in [0.5, 0.6) is 0 Å². The van der Waals surface area contributed by atoms with Crippen molar-refractivity contribution in [2.45, 2.75) is 49.5 Å². The average molecular weight is 378 g/mol. The number of rotatable bonds is 3. The van der Waals surface area contributed by atoms with Gasteiger partial charge in [0, 0.05) is 12.0 Å². The second kappa shape index (κ2) is 6.56. The SMILES string of the molecule is C=C(CO)C(=O)O[C@H]1C[C@@]23O[C@@H]2CC/C(=C/[C@H]2OC(=O)C(=C)[C@H]12)CO[C@H]3O. The fourth-order valence-corrected chi connectivity index (χ4v) is 4.13. The van der Waals surface area contributed by atoms with E-state index in [0.29, 0.717) is 12.8 Å². The van der Waals surface area contributed by atoms with E-state index in [1.807, 2.05) is 0 Å². The lowest BCUT2D eigenvalue weighted by Gasteiger charge is -2.33. The van der Waals surface area contributed by atoms with Crippen molar-refractivity contribution >= 4 is 11.9 Å². The van der Waals surface area contributed by atoms with Gasteiger partial charge in [0.15, 0.2) is 6.29 Å². The second-order valence-electron chi connectivity index (χ2n) is 7.42. The first-order valence-corrected chi connectivity index (χ1v) is 8.92. The van der Waals surface area contributed by atoms with E-state index < -0.39 is 48.6 Å². The lowest BCUT2D eigenvalue weighted by molar-refractivity contribution is -0.163. The molecule has 0 aromatic heterocycles. The van der Waals surface area contributed by atoms with Crippen molar-refractivity contribution in [3.63, 3.8) is 0 Å². The molecule has 27 heavy (non-hydrogen) atoms. The number of aliphatic hydroxyl groups excluding tert-OH is 2. The van der Waals surface area contributed by atoms with Gasteiger partial charge in [0.2, 0.25) is 0 Å². The van der Waals surface area contributed by atoms with Crippen molar-refractivity contribution in [2.75, 3.05) is 13.2 Å². The van der Waals surface area contributed by atoms with E-state index in [0.717, 1.165) is 5.57 Å². The van der Waals surface area contributed by atoms with Gasteiger partial charge in [0.1, 0.15) is 17.8 Å². The van der Waals surface area contributed by atoms with Crippen molar-refractivity contribution < 1.29 is 38.7 Å². The largest absolute Gasteiger partial charge is 0.458 e. The van der Waals surface area contributed by atoms with Crippen LogP contribution < -0.4 is 0 Å². The zero-order valence-corrected chi connectivity index (χ0v) is 14.8. The summed E-state index contributed by atoms with van der Waals surface area (Å²) in [6.45, 7) is 6.95. The van der Waals surface area contributed by atoms with Crippen molar-refractivity contribution in [1.29, 1.82) is 0 Å². The van der Waals surface area contributed by atoms with Gasteiger partial charge < -0.3 is 29.2 Å². The highest BCUT2D eigenvalue weighted by Crippen LogP contribution is 2.51. The summed E-state index contributed by atoms with van der Waals surface area (Å²) in [7, 11) is 0. The van der Waals surface area contributed by atoms with Crippen LogP contribution >= 0.6 is 0 Å². The Bertz CT molecular complexity index is 740. The van der Waals surface area contributed by atoms with E-state index in [2.05, 4.69) is 13.2 Å². The zero-order valence-electron chi connectivity index (χ0n) is 14.8. The molecule has 0 amide bonds. The molecule has 0 aromatic carbocycles. The number of ether oxygens (including phenoxy) is 4. The van der Waals surface area contributed by atoms with E-state index in [1.165, 1.54) is 0 Å². The monoisotopic (exact) mass is 378 g/mol. The van der Waals surface area contributed by atoms with Crippen molar-refractivity contribution in [3.8, 4) is 0 Å². The quantitative estimate of drug-likeness (QED) is 0.308. The summed E-state index contributed by atoms with van der Waals surface area (Å²) in [5.74, 6) is -1.95. The number of hydrogen-bond donors (Lipinski definition) is 2. The lowest BCUT2D eigenvalue weighted by Crippen LogP contribution is -2.45. The predicted octanol–water partition coefficient (Wildman–Crippen LogP) is 0.141. The minimum Gasteiger partial charge on any atom is -0.458 e. The molecule has 2 N–H and O–H groups in total. The van der Waals surface area contributed by atoms with Crippen LogP contribution in [0.25, 0.3) is 0 Å². The van der Waals surface area contributed by atoms with Crippen LogP contribution in [0.4, 0.5) is 0 Å². The van der Waals surface area contributed by atoms with Crippen LogP contribution in [-0.4, -0.2) is 65.6 Å². The highest BCUT2D eigenvalue weighted by Gasteiger charge is 2.65. The Morgan fingerprint density at radius 2 is 2.22 bits per heavy atom. The smallest absolute Gasteiger partial charge is 0.336 e. The summed E-state index contributed by atoms with van der Waals surface area (Å²) in [5.41, 5.74) is -0.0403. The van der Waals surface area contributed by atoms with E-state index in [4.69, 9.17) is 24.1 Å². The fourth-order valence-electron chi connectivity index (χ4n) is 4.13. The standard InChI is InChI=1S/C19H22O8/c1-9(7-20)16(21)26-13-6-19-14(27-19)4-3-11(8-24-18(19)23)5-12-15(13)10(2)17(22)25-12/h5,12-15,18,20,23H,1-4,6-8H2/b11-5-/t12-,13+,14-,15+,18-,19-/m1/s1. The Balaban J connectivity index is 1.74. The van der Waals surface area contributed by atoms with Crippen LogP contribution in [0, 0.1) is 5.92 Å². The van der Waals surface area contributed by atoms with Gasteiger partial charge in [-0.05, 0) is 24.5 Å². The van der Waals surface area contributed by atoms with Gasteiger partial charge in [-0.15, -0.1) is 0 Å². The molecule has 5 aliphatic rings. The number of carbonyl (C=O) groups excluding carboxylic acids is 2. The second-order valence-corrected chi connectivity index (χ2v) is 7.42. The average Bonchev–Trinajstić information content (AvgIpc) is 3.26. The Morgan fingerprint density at radius 3 is 2.96 bits per heavy atom. The van der Waals surface area contributed by atoms with Gasteiger partial charge in [0.25, 0.3) is 0 Å². The number of carbonyl (C=O) groups is 2. The van der Waals surface area contributed by atoms with Crippen molar-refractivity contribution in [2.24, 2.45) is 5.92 Å². The maximum absolute atomic E-state index is 12.3. The zero-order chi connectivity index (χ0) is 19.3. The summed E-state index contributed by atoms with van der Waals surface area (Å²) >= 11 is 0. The first kappa shape index (κ1) is 18.4. The Morgan fingerprint density at radius 1 is 1.44 bits per heavy atom. The fraction of sp³-hybridized carbons (Fsp3) is 0.579. The normalized spacial score (nSPS) is 42.1. The number of epoxide rings is 1. The molecule has 0 saturated carbocycles. The van der Waals surface area contributed by atoms with E-state index in [1.54, 1.807) is 6.08 Å². The molecule has 4 aliphatic heterocycles. The van der Waals surface area contributed by atoms with Gasteiger partial charge in [-0.2, -0.15) is 0 Å². The summed E-state index contributed by atoms with van der Waals surface area (Å²) < 4.78 is 22.4. The molecule has 3 saturated heterocycles. The highest BCUT2D eigenvalue weighted by atomic mass is 16.7. The molecule has 146 valence electrons. The lowest BCUT2D eigenvalue weighted by atomic mass is 9.81. The number of fused-ring (bicyclic) bond motifs is 4. The van der Waals surface area contributed by atoms with Crippen LogP contribution in [-0.2, 0) is 28.5 Å². The molecule has 0 radical (unpaired) electrons. The van der Waals surface area contributed by atoms with Crippen molar-refractivity contribution in [1.82, 2.24) is 0 Å². The first-order chi connectivity index (χ1) is 12.9. The Kier molecular flexibility index (Phi) is 4.46. The van der Waals surface area contributed by atoms with E-state index >= 15 is 0 Å². The summed E-state index contributed by atoms with van der Waals surface area (Å²) in [6, 6.07) is 0. The molecule has 8 nitrogen and oxygen atoms in total. The molecule has 5 rings (SSSR count). The molecule has 1 spiro atoms. The first-order valence-electron chi connectivity index (χ1n) is 8.92. The van der Waals surface area contributed by atoms with E-state index in [9.17, 15) is 14.7 Å². The van der Waals surface area contributed by atoms with E-state index in [-0.39, 0.29) is 30.3 Å². The van der Waals surface area contributed by atoms with Crippen LogP contribution in [0.3, 0.4) is 0 Å². The molecular weight excluding hydrogens is 356 g/mol. The minimum atomic E-state index is -1.18. The molecule has 1 aliphatic carbocycles. The van der Waals surface area contributed by atoms with Crippen LogP contribution in [0.1, 0.15) is 19.3 Å². The number of hydrogen-bond acceptors (Lipinski definition) is 8. The number of aliphatic hydroxyl groups is 2. The molecule has 3 fully saturated rings. The molecule has 6 atom stereocenters. The van der Waals surface area contributed by atoms with Gasteiger partial charge in [-0.25, -0.2) is 9.59 Å². The number of esters is 2. The maximum atomic E-state index is 12.3. The summed E-state index contributed by atoms with van der Waals surface area (Å²) in [6.07, 6.45) is 0.352. The molecule has 8 heteroatoms.